The summed E-state index contributed by atoms with van der Waals surface area (Å²) in [6, 6.07) is 7.75. The summed E-state index contributed by atoms with van der Waals surface area (Å²) >= 11 is 0. The van der Waals surface area contributed by atoms with E-state index in [0.717, 1.165) is 5.56 Å². The lowest BCUT2D eigenvalue weighted by Gasteiger charge is -2.36. The van der Waals surface area contributed by atoms with Crippen molar-refractivity contribution >= 4 is 29.0 Å². The van der Waals surface area contributed by atoms with Crippen molar-refractivity contribution in [1.29, 1.82) is 0 Å². The Morgan fingerprint density at radius 3 is 2.56 bits per heavy atom. The lowest BCUT2D eigenvalue weighted by molar-refractivity contribution is -0.135. The van der Waals surface area contributed by atoms with Gasteiger partial charge in [0, 0.05) is 68.4 Å². The molecule has 2 fully saturated rings. The average molecular weight is 620 g/mol. The number of hydrogen-bond donors (Lipinski definition) is 3. The number of piperazine rings is 1. The number of aliphatic hydroxyl groups is 1. The topological polar surface area (TPSA) is 124 Å². The molecule has 0 bridgehead atoms. The maximum absolute atomic E-state index is 14.8. The summed E-state index contributed by atoms with van der Waals surface area (Å²) in [6.07, 6.45) is 5.57. The number of aryl methyl sites for hydroxylation is 1. The van der Waals surface area contributed by atoms with Gasteiger partial charge in [-0.1, -0.05) is 6.92 Å². The van der Waals surface area contributed by atoms with E-state index in [1.807, 2.05) is 19.9 Å². The molecule has 0 spiro atoms. The summed E-state index contributed by atoms with van der Waals surface area (Å²) in [5.74, 6) is -2.06. The molecule has 236 valence electrons. The summed E-state index contributed by atoms with van der Waals surface area (Å²) in [6.45, 7) is 5.86. The number of fused-ring (bicyclic) bond motifs is 1. The second-order valence-corrected chi connectivity index (χ2v) is 11.5. The number of rotatable bonds is 7. The zero-order valence-electron chi connectivity index (χ0n) is 25.3. The van der Waals surface area contributed by atoms with Crippen molar-refractivity contribution in [2.75, 3.05) is 45.2 Å². The first kappa shape index (κ1) is 30.4. The lowest BCUT2D eigenvalue weighted by atomic mass is 9.97. The van der Waals surface area contributed by atoms with Crippen molar-refractivity contribution in [3.63, 3.8) is 0 Å². The van der Waals surface area contributed by atoms with Crippen LogP contribution < -0.4 is 15.4 Å². The highest BCUT2D eigenvalue weighted by atomic mass is 19.2. The summed E-state index contributed by atoms with van der Waals surface area (Å²) in [4.78, 5) is 38.7. The number of carbonyl (C=O) groups is 2. The van der Waals surface area contributed by atoms with Crippen LogP contribution in [0.4, 0.5) is 20.3 Å². The van der Waals surface area contributed by atoms with E-state index in [4.69, 9.17) is 4.74 Å². The normalized spacial score (nSPS) is 20.1. The van der Waals surface area contributed by atoms with Crippen molar-refractivity contribution in [3.8, 4) is 17.0 Å². The third kappa shape index (κ3) is 5.69. The largest absolute Gasteiger partial charge is 0.494 e. The molecule has 0 unspecified atom stereocenters. The fourth-order valence-corrected chi connectivity index (χ4v) is 6.01. The minimum Gasteiger partial charge on any atom is -0.494 e. The van der Waals surface area contributed by atoms with E-state index in [2.05, 4.69) is 20.6 Å². The molecule has 2 amide bonds. The zero-order valence-corrected chi connectivity index (χ0v) is 25.3. The standard InChI is InChI=1S/C32H35F2N7O4/c1-4-32(44)16-23(37-18-32)31(43)40-13-11-39(12-14-40)30(42)21-6-5-20(15-19(21)2)38-28-29-36-17-24(41(29)10-9-35-28)22-7-8-25(45-3)27(34)26(22)33/h5-10,15,17,23,37,44H,4,11-14,16,18H2,1-3H3,(H,35,38)/t23-,32+/m0/s1. The molecule has 6 rings (SSSR count). The highest BCUT2D eigenvalue weighted by Crippen LogP contribution is 2.32. The maximum atomic E-state index is 14.8. The van der Waals surface area contributed by atoms with Gasteiger partial charge in [-0.05, 0) is 49.2 Å². The van der Waals surface area contributed by atoms with E-state index in [1.54, 1.807) is 32.5 Å². The maximum Gasteiger partial charge on any atom is 0.254 e. The number of amides is 2. The molecule has 0 saturated carbocycles. The molecule has 0 radical (unpaired) electrons. The molecule has 2 aliphatic heterocycles. The molecule has 2 aromatic heterocycles. The van der Waals surface area contributed by atoms with Crippen LogP contribution in [0.2, 0.25) is 0 Å². The van der Waals surface area contributed by atoms with Gasteiger partial charge in [0.1, 0.15) is 0 Å². The van der Waals surface area contributed by atoms with Crippen LogP contribution in [0.25, 0.3) is 16.9 Å². The van der Waals surface area contributed by atoms with Crippen LogP contribution in [0.5, 0.6) is 5.75 Å². The molecule has 2 atom stereocenters. The third-order valence-electron chi connectivity index (χ3n) is 8.79. The average Bonchev–Trinajstić information content (AvgIpc) is 3.67. The lowest BCUT2D eigenvalue weighted by Crippen LogP contribution is -2.54. The highest BCUT2D eigenvalue weighted by molar-refractivity contribution is 5.96. The number of methoxy groups -OCH3 is 1. The molecule has 4 heterocycles. The van der Waals surface area contributed by atoms with E-state index in [-0.39, 0.29) is 23.1 Å². The van der Waals surface area contributed by atoms with Gasteiger partial charge in [-0.15, -0.1) is 0 Å². The second-order valence-electron chi connectivity index (χ2n) is 11.5. The predicted molar refractivity (Wildman–Crippen MR) is 163 cm³/mol. The van der Waals surface area contributed by atoms with E-state index < -0.39 is 23.3 Å². The van der Waals surface area contributed by atoms with Gasteiger partial charge in [0.05, 0.1) is 30.6 Å². The number of ether oxygens (including phenoxy) is 1. The highest BCUT2D eigenvalue weighted by Gasteiger charge is 2.41. The zero-order chi connectivity index (χ0) is 31.9. The SMILES string of the molecule is CC[C@]1(O)CN[C@H](C(=O)N2CCN(C(=O)c3ccc(Nc4nccn5c(-c6ccc(OC)c(F)c6F)cnc45)cc3C)CC2)C1. The van der Waals surface area contributed by atoms with Gasteiger partial charge in [0.25, 0.3) is 5.91 Å². The number of nitrogens with one attached hydrogen (secondary N) is 2. The Balaban J connectivity index is 1.13. The third-order valence-corrected chi connectivity index (χ3v) is 8.79. The van der Waals surface area contributed by atoms with Crippen LogP contribution in [0.15, 0.2) is 48.9 Å². The summed E-state index contributed by atoms with van der Waals surface area (Å²) < 4.78 is 35.7. The number of halogens is 2. The van der Waals surface area contributed by atoms with Crippen LogP contribution in [-0.4, -0.2) is 92.6 Å². The van der Waals surface area contributed by atoms with E-state index in [9.17, 15) is 23.5 Å². The van der Waals surface area contributed by atoms with Crippen LogP contribution in [-0.2, 0) is 4.79 Å². The van der Waals surface area contributed by atoms with Crippen molar-refractivity contribution in [2.24, 2.45) is 0 Å². The summed E-state index contributed by atoms with van der Waals surface area (Å²) in [7, 11) is 1.27. The monoisotopic (exact) mass is 619 g/mol. The molecule has 4 aromatic rings. The molecular weight excluding hydrogens is 584 g/mol. The van der Waals surface area contributed by atoms with Crippen molar-refractivity contribution in [2.45, 2.75) is 38.3 Å². The smallest absolute Gasteiger partial charge is 0.254 e. The molecule has 45 heavy (non-hydrogen) atoms. The Bertz CT molecular complexity index is 1770. The van der Waals surface area contributed by atoms with Gasteiger partial charge in [-0.3, -0.25) is 14.0 Å². The number of aromatic nitrogens is 3. The number of β-amino-alcohol motifs (C(OH)–C–C–N with tert-alkyl or cyclic N) is 1. The van der Waals surface area contributed by atoms with Crippen molar-refractivity contribution in [1.82, 2.24) is 29.5 Å². The predicted octanol–water partition coefficient (Wildman–Crippen LogP) is 3.52. The minimum atomic E-state index is -1.08. The Labute approximate surface area is 258 Å². The summed E-state index contributed by atoms with van der Waals surface area (Å²) in [5.41, 5.74) is 1.90. The number of imidazole rings is 1. The second kappa shape index (κ2) is 12.1. The van der Waals surface area contributed by atoms with Gasteiger partial charge in [-0.2, -0.15) is 4.39 Å². The molecule has 11 nitrogen and oxygen atoms in total. The number of carbonyl (C=O) groups excluding carboxylic acids is 2. The van der Waals surface area contributed by atoms with E-state index in [0.29, 0.717) is 74.0 Å². The van der Waals surface area contributed by atoms with Crippen LogP contribution in [0, 0.1) is 18.6 Å². The van der Waals surface area contributed by atoms with Gasteiger partial charge < -0.3 is 30.3 Å². The van der Waals surface area contributed by atoms with E-state index >= 15 is 0 Å². The first-order valence-electron chi connectivity index (χ1n) is 14.9. The fourth-order valence-electron chi connectivity index (χ4n) is 6.01. The Morgan fingerprint density at radius 1 is 1.11 bits per heavy atom. The Hall–Kier alpha value is -4.62. The molecular formula is C32H35F2N7O4. The fraction of sp³-hybridized carbons (Fsp3) is 0.375. The van der Waals surface area contributed by atoms with Crippen LogP contribution in [0.1, 0.15) is 35.7 Å². The molecule has 0 aliphatic carbocycles. The number of hydrogen-bond acceptors (Lipinski definition) is 8. The van der Waals surface area contributed by atoms with E-state index in [1.165, 1.54) is 31.6 Å². The first-order chi connectivity index (χ1) is 21.6. The number of nitrogens with zero attached hydrogens (tertiary/aromatic N) is 5. The first-order valence-corrected chi connectivity index (χ1v) is 14.9. The molecule has 2 aromatic carbocycles. The Kier molecular flexibility index (Phi) is 8.14. The quantitative estimate of drug-likeness (QED) is 0.287. The van der Waals surface area contributed by atoms with Gasteiger partial charge in [0.15, 0.2) is 23.0 Å². The van der Waals surface area contributed by atoms with Gasteiger partial charge >= 0.3 is 0 Å². The minimum absolute atomic E-state index is 0.0285. The number of anilines is 2. The van der Waals surface area contributed by atoms with Gasteiger partial charge in [-0.25, -0.2) is 14.4 Å². The van der Waals surface area contributed by atoms with Crippen molar-refractivity contribution in [3.05, 3.63) is 71.7 Å². The summed E-state index contributed by atoms with van der Waals surface area (Å²) in [5, 5.41) is 16.8. The molecule has 3 N–H and O–H groups in total. The molecule has 2 saturated heterocycles. The van der Waals surface area contributed by atoms with Crippen molar-refractivity contribution < 1.29 is 28.2 Å². The van der Waals surface area contributed by atoms with Crippen LogP contribution >= 0.6 is 0 Å². The van der Waals surface area contributed by atoms with Gasteiger partial charge in [0.2, 0.25) is 11.7 Å². The Morgan fingerprint density at radius 2 is 1.87 bits per heavy atom. The van der Waals surface area contributed by atoms with Crippen LogP contribution in [0.3, 0.4) is 0 Å². The molecule has 2 aliphatic rings. The molecule has 13 heteroatoms. The number of benzene rings is 2.